The molecule has 0 aromatic heterocycles. The number of carbonyl (C=O) groups excluding carboxylic acids is 1. The van der Waals surface area contributed by atoms with Gasteiger partial charge in [-0.15, -0.1) is 0 Å². The lowest BCUT2D eigenvalue weighted by Gasteiger charge is -2.31. The second kappa shape index (κ2) is 4.24. The standard InChI is InChI=1S/C12H24N2O2/c1-9-7-14(6)8-12(9,5)13-10(15)16-11(2,3)4/h9H,7-8H2,1-6H3,(H,13,15). The van der Waals surface area contributed by atoms with Crippen LogP contribution in [0, 0.1) is 5.92 Å². The minimum atomic E-state index is -0.436. The average Bonchev–Trinajstić information content (AvgIpc) is 2.19. The van der Waals surface area contributed by atoms with Gasteiger partial charge < -0.3 is 15.0 Å². The number of hydrogen-bond donors (Lipinski definition) is 1. The lowest BCUT2D eigenvalue weighted by Crippen LogP contribution is -2.52. The first-order valence-corrected chi connectivity index (χ1v) is 5.82. The number of carbonyl (C=O) groups is 1. The summed E-state index contributed by atoms with van der Waals surface area (Å²) in [5.41, 5.74) is -0.620. The molecule has 0 radical (unpaired) electrons. The van der Waals surface area contributed by atoms with Crippen LogP contribution in [0.3, 0.4) is 0 Å². The summed E-state index contributed by atoms with van der Waals surface area (Å²) in [5, 5.41) is 2.99. The van der Waals surface area contributed by atoms with E-state index in [9.17, 15) is 4.79 Å². The summed E-state index contributed by atoms with van der Waals surface area (Å²) in [6, 6.07) is 0. The monoisotopic (exact) mass is 228 g/mol. The molecule has 16 heavy (non-hydrogen) atoms. The van der Waals surface area contributed by atoms with E-state index < -0.39 is 5.60 Å². The van der Waals surface area contributed by atoms with Gasteiger partial charge in [-0.25, -0.2) is 4.79 Å². The van der Waals surface area contributed by atoms with Crippen LogP contribution in [0.25, 0.3) is 0 Å². The number of alkyl carbamates (subject to hydrolysis) is 1. The van der Waals surface area contributed by atoms with Crippen LogP contribution >= 0.6 is 0 Å². The first-order chi connectivity index (χ1) is 7.12. The van der Waals surface area contributed by atoms with Crippen LogP contribution in [0.4, 0.5) is 4.79 Å². The second-order valence-corrected chi connectivity index (χ2v) is 6.14. The van der Waals surface area contributed by atoms with Crippen LogP contribution in [0.5, 0.6) is 0 Å². The summed E-state index contributed by atoms with van der Waals surface area (Å²) in [4.78, 5) is 13.9. The quantitative estimate of drug-likeness (QED) is 0.744. The predicted octanol–water partition coefficient (Wildman–Crippen LogP) is 1.85. The van der Waals surface area contributed by atoms with Gasteiger partial charge in [-0.2, -0.15) is 0 Å². The first kappa shape index (κ1) is 13.3. The minimum absolute atomic E-state index is 0.183. The van der Waals surface area contributed by atoms with Crippen LogP contribution in [-0.4, -0.2) is 42.3 Å². The van der Waals surface area contributed by atoms with E-state index in [0.29, 0.717) is 5.92 Å². The highest BCUT2D eigenvalue weighted by Gasteiger charge is 2.40. The van der Waals surface area contributed by atoms with E-state index in [1.165, 1.54) is 0 Å². The van der Waals surface area contributed by atoms with E-state index in [0.717, 1.165) is 13.1 Å². The highest BCUT2D eigenvalue weighted by atomic mass is 16.6. The summed E-state index contributed by atoms with van der Waals surface area (Å²) < 4.78 is 5.28. The van der Waals surface area contributed by atoms with E-state index in [1.54, 1.807) is 0 Å². The number of rotatable bonds is 1. The molecule has 1 fully saturated rings. The third kappa shape index (κ3) is 3.37. The normalized spacial score (nSPS) is 31.5. The SMILES string of the molecule is CC1CN(C)CC1(C)NC(=O)OC(C)(C)C. The van der Waals surface area contributed by atoms with Crippen LogP contribution in [0.1, 0.15) is 34.6 Å². The number of amides is 1. The van der Waals surface area contributed by atoms with Crippen molar-refractivity contribution in [2.24, 2.45) is 5.92 Å². The number of nitrogens with one attached hydrogen (secondary N) is 1. The van der Waals surface area contributed by atoms with E-state index in [4.69, 9.17) is 4.74 Å². The number of hydrogen-bond acceptors (Lipinski definition) is 3. The molecule has 0 aliphatic carbocycles. The molecule has 0 bridgehead atoms. The Morgan fingerprint density at radius 3 is 2.44 bits per heavy atom. The number of nitrogens with zero attached hydrogens (tertiary/aromatic N) is 1. The van der Waals surface area contributed by atoms with E-state index in [2.05, 4.69) is 31.1 Å². The molecule has 4 nitrogen and oxygen atoms in total. The maximum atomic E-state index is 11.7. The van der Waals surface area contributed by atoms with Gasteiger partial charge in [0.25, 0.3) is 0 Å². The molecule has 0 spiro atoms. The van der Waals surface area contributed by atoms with Crippen molar-refractivity contribution in [3.63, 3.8) is 0 Å². The van der Waals surface area contributed by atoms with Crippen molar-refractivity contribution >= 4 is 6.09 Å². The second-order valence-electron chi connectivity index (χ2n) is 6.14. The first-order valence-electron chi connectivity index (χ1n) is 5.82. The summed E-state index contributed by atoms with van der Waals surface area (Å²) >= 11 is 0. The fourth-order valence-corrected chi connectivity index (χ4v) is 2.15. The maximum Gasteiger partial charge on any atom is 0.408 e. The molecule has 1 aliphatic rings. The van der Waals surface area contributed by atoms with Gasteiger partial charge in [0, 0.05) is 13.1 Å². The van der Waals surface area contributed by atoms with Gasteiger partial charge >= 0.3 is 6.09 Å². The molecule has 94 valence electrons. The fourth-order valence-electron chi connectivity index (χ4n) is 2.15. The third-order valence-corrected chi connectivity index (χ3v) is 3.06. The lowest BCUT2D eigenvalue weighted by atomic mass is 9.91. The molecule has 1 amide bonds. The largest absolute Gasteiger partial charge is 0.444 e. The molecule has 1 saturated heterocycles. The minimum Gasteiger partial charge on any atom is -0.444 e. The topological polar surface area (TPSA) is 41.6 Å². The van der Waals surface area contributed by atoms with E-state index in [1.807, 2.05) is 20.8 Å². The number of likely N-dealkylation sites (N-methyl/N-ethyl adjacent to an activating group) is 1. The molecule has 1 N–H and O–H groups in total. The van der Waals surface area contributed by atoms with Gasteiger partial charge in [0.2, 0.25) is 0 Å². The third-order valence-electron chi connectivity index (χ3n) is 3.06. The lowest BCUT2D eigenvalue weighted by molar-refractivity contribution is 0.0450. The summed E-state index contributed by atoms with van der Waals surface area (Å²) in [6.07, 6.45) is -0.322. The maximum absolute atomic E-state index is 11.7. The molecular formula is C12H24N2O2. The van der Waals surface area contributed by atoms with Gasteiger partial charge in [-0.3, -0.25) is 0 Å². The zero-order valence-electron chi connectivity index (χ0n) is 11.3. The Kier molecular flexibility index (Phi) is 3.53. The summed E-state index contributed by atoms with van der Waals surface area (Å²) in [7, 11) is 2.07. The molecule has 2 atom stereocenters. The van der Waals surface area contributed by atoms with Crippen molar-refractivity contribution in [1.82, 2.24) is 10.2 Å². The Labute approximate surface area is 98.3 Å². The molecule has 0 saturated carbocycles. The molecule has 1 heterocycles. The smallest absolute Gasteiger partial charge is 0.408 e. The predicted molar refractivity (Wildman–Crippen MR) is 64.4 cm³/mol. The average molecular weight is 228 g/mol. The van der Waals surface area contributed by atoms with Crippen molar-refractivity contribution in [2.75, 3.05) is 20.1 Å². The van der Waals surface area contributed by atoms with Gasteiger partial charge in [0.05, 0.1) is 5.54 Å². The van der Waals surface area contributed by atoms with E-state index >= 15 is 0 Å². The Hall–Kier alpha value is -0.770. The van der Waals surface area contributed by atoms with E-state index in [-0.39, 0.29) is 11.6 Å². The highest BCUT2D eigenvalue weighted by Crippen LogP contribution is 2.26. The van der Waals surface area contributed by atoms with Crippen molar-refractivity contribution in [3.05, 3.63) is 0 Å². The Balaban J connectivity index is 2.57. The zero-order chi connectivity index (χ0) is 12.6. The van der Waals surface area contributed by atoms with Crippen LogP contribution in [-0.2, 0) is 4.74 Å². The van der Waals surface area contributed by atoms with Crippen molar-refractivity contribution < 1.29 is 9.53 Å². The highest BCUT2D eigenvalue weighted by molar-refractivity contribution is 5.69. The summed E-state index contributed by atoms with van der Waals surface area (Å²) in [5.74, 6) is 0.435. The molecule has 4 heteroatoms. The summed E-state index contributed by atoms with van der Waals surface area (Å²) in [6.45, 7) is 11.7. The van der Waals surface area contributed by atoms with Crippen LogP contribution in [0.2, 0.25) is 0 Å². The van der Waals surface area contributed by atoms with Crippen LogP contribution in [0.15, 0.2) is 0 Å². The van der Waals surface area contributed by atoms with Crippen molar-refractivity contribution in [2.45, 2.75) is 45.8 Å². The van der Waals surface area contributed by atoms with Crippen LogP contribution < -0.4 is 5.32 Å². The van der Waals surface area contributed by atoms with Gasteiger partial charge in [0.15, 0.2) is 0 Å². The molecule has 0 aromatic carbocycles. The molecule has 0 aromatic rings. The molecule has 2 unspecified atom stereocenters. The molecule has 1 rings (SSSR count). The number of likely N-dealkylation sites (tertiary alicyclic amines) is 1. The Morgan fingerprint density at radius 2 is 2.06 bits per heavy atom. The fraction of sp³-hybridized carbons (Fsp3) is 0.917. The zero-order valence-corrected chi connectivity index (χ0v) is 11.3. The molecule has 1 aliphatic heterocycles. The van der Waals surface area contributed by atoms with Gasteiger partial charge in [-0.1, -0.05) is 6.92 Å². The Bertz CT molecular complexity index is 273. The molecular weight excluding hydrogens is 204 g/mol. The van der Waals surface area contributed by atoms with Crippen molar-refractivity contribution in [1.29, 1.82) is 0 Å². The van der Waals surface area contributed by atoms with Gasteiger partial charge in [-0.05, 0) is 40.7 Å². The van der Waals surface area contributed by atoms with Gasteiger partial charge in [0.1, 0.15) is 5.60 Å². The Morgan fingerprint density at radius 1 is 1.50 bits per heavy atom. The number of ether oxygens (including phenoxy) is 1. The van der Waals surface area contributed by atoms with Crippen molar-refractivity contribution in [3.8, 4) is 0 Å².